The molecule has 8 aromatic rings. The Morgan fingerprint density at radius 3 is 1.59 bits per heavy atom. The molecule has 11 rings (SSSR count). The SMILES string of the molecule is CN(C)/C=C(\C(=O)c1cc(Br)cnc1Cl)c1cccc(Cl)c1Cl.Clc1cccc(-c2cn(C3CCCCC3)nc2-c2cc(Br)cnc2Cl)c1Cl.Clc1cccc(-c2cnn(C3CCCCC3)c2-c2cc(Br)cnc2Cl)c1Cl.NNC1CCCCC1. The molecule has 11 nitrogen and oxygen atoms in total. The van der Waals surface area contributed by atoms with Gasteiger partial charge in [-0.25, -0.2) is 15.0 Å². The van der Waals surface area contributed by atoms with E-state index in [4.69, 9.17) is 120 Å². The molecular weight excluding hydrogens is 1460 g/mol. The molecular formula is C62H60Br3Cl9N10O. The number of Topliss-reactive ketones (excluding diaryl/α,β-unsaturated/α-hetero) is 1. The Balaban J connectivity index is 0.000000156. The van der Waals surface area contributed by atoms with Crippen LogP contribution < -0.4 is 11.3 Å². The highest BCUT2D eigenvalue weighted by Crippen LogP contribution is 2.45. The van der Waals surface area contributed by atoms with Crippen LogP contribution in [0.1, 0.15) is 124 Å². The summed E-state index contributed by atoms with van der Waals surface area (Å²) in [6, 6.07) is 23.3. The molecule has 0 unspecified atom stereocenters. The van der Waals surface area contributed by atoms with E-state index in [9.17, 15) is 4.79 Å². The summed E-state index contributed by atoms with van der Waals surface area (Å²) in [6.45, 7) is 0. The van der Waals surface area contributed by atoms with Crippen LogP contribution in [0.2, 0.25) is 45.6 Å². The normalized spacial score (nSPS) is 15.0. The number of nitrogens with two attached hydrogens (primary N) is 1. The number of carbonyl (C=O) groups excluding carboxylic acids is 1. The van der Waals surface area contributed by atoms with E-state index in [-0.39, 0.29) is 16.5 Å². The summed E-state index contributed by atoms with van der Waals surface area (Å²) in [5.41, 5.74) is 10.8. The molecule has 448 valence electrons. The van der Waals surface area contributed by atoms with Crippen molar-refractivity contribution in [2.45, 2.75) is 114 Å². The van der Waals surface area contributed by atoms with Crippen molar-refractivity contribution in [2.24, 2.45) is 5.84 Å². The Morgan fingerprint density at radius 1 is 0.553 bits per heavy atom. The van der Waals surface area contributed by atoms with E-state index in [1.165, 1.54) is 76.8 Å². The van der Waals surface area contributed by atoms with Crippen molar-refractivity contribution >= 4 is 164 Å². The van der Waals surface area contributed by atoms with Crippen molar-refractivity contribution in [3.8, 4) is 44.8 Å². The van der Waals surface area contributed by atoms with Gasteiger partial charge in [0.15, 0.2) is 5.78 Å². The predicted octanol–water partition coefficient (Wildman–Crippen LogP) is 22.1. The fraction of sp³-hybridized carbons (Fsp3) is 0.323. The van der Waals surface area contributed by atoms with E-state index < -0.39 is 0 Å². The van der Waals surface area contributed by atoms with E-state index in [0.717, 1.165) is 79.4 Å². The second kappa shape index (κ2) is 32.4. The zero-order valence-electron chi connectivity index (χ0n) is 46.3. The highest BCUT2D eigenvalue weighted by atomic mass is 79.9. The highest BCUT2D eigenvalue weighted by Gasteiger charge is 2.28. The van der Waals surface area contributed by atoms with Crippen LogP contribution in [-0.4, -0.2) is 65.3 Å². The Bertz CT molecular complexity index is 3570. The van der Waals surface area contributed by atoms with Crippen LogP contribution in [0.15, 0.2) is 123 Å². The van der Waals surface area contributed by atoms with Crippen LogP contribution in [0.3, 0.4) is 0 Å². The second-order valence-electron chi connectivity index (χ2n) is 20.9. The standard InChI is InChI=1S/2C20H17BrCl3N3.C16H12BrCl3N2O.C6H14N2/c21-12-9-15(20(24)25-10-12)19-16(14-7-4-8-17(22)18(14)23)11-27(26-19)13-5-2-1-3-6-13;21-12-9-15(20(24)25-10-12)19-16(14-7-4-8-17(22)18(14)23)11-26-27(19)13-5-2-1-3-6-13;1-22(2)8-12(10-4-3-5-13(18)14(10)19)15(23)11-6-9(17)7-21-16(11)20;7-8-6-4-2-1-3-5-6/h2*4,7-11,13H,1-3,5-6H2;3-8H,1-2H3;6,8H,1-5,7H2/b;;12-8-;. The maximum Gasteiger partial charge on any atom is 0.198 e. The molecule has 5 heterocycles. The van der Waals surface area contributed by atoms with E-state index >= 15 is 0 Å². The van der Waals surface area contributed by atoms with Gasteiger partial charge in [0.25, 0.3) is 0 Å². The molecule has 3 fully saturated rings. The fourth-order valence-corrected chi connectivity index (χ4v) is 13.3. The molecule has 0 radical (unpaired) electrons. The van der Waals surface area contributed by atoms with Crippen molar-refractivity contribution in [2.75, 3.05) is 14.1 Å². The quantitative estimate of drug-likeness (QED) is 0.0427. The van der Waals surface area contributed by atoms with E-state index in [1.807, 2.05) is 56.7 Å². The van der Waals surface area contributed by atoms with E-state index in [1.54, 1.807) is 59.9 Å². The Labute approximate surface area is 567 Å². The number of allylic oxidation sites excluding steroid dienone is 1. The molecule has 0 amide bonds. The van der Waals surface area contributed by atoms with Crippen LogP contribution in [0.25, 0.3) is 50.3 Å². The van der Waals surface area contributed by atoms with Gasteiger partial charge >= 0.3 is 0 Å². The summed E-state index contributed by atoms with van der Waals surface area (Å²) in [7, 11) is 3.62. The molecule has 3 aromatic carbocycles. The highest BCUT2D eigenvalue weighted by molar-refractivity contribution is 9.11. The summed E-state index contributed by atoms with van der Waals surface area (Å²) in [6.07, 6.45) is 29.1. The number of hydrogen-bond acceptors (Lipinski definition) is 9. The lowest BCUT2D eigenvalue weighted by atomic mass is 9.94. The lowest BCUT2D eigenvalue weighted by molar-refractivity contribution is 0.105. The minimum absolute atomic E-state index is 0.126. The van der Waals surface area contributed by atoms with E-state index in [0.29, 0.717) is 74.2 Å². The van der Waals surface area contributed by atoms with Gasteiger partial charge in [0.1, 0.15) is 21.2 Å². The van der Waals surface area contributed by atoms with Crippen LogP contribution in [0.4, 0.5) is 0 Å². The van der Waals surface area contributed by atoms with Crippen LogP contribution >= 0.6 is 152 Å². The summed E-state index contributed by atoms with van der Waals surface area (Å²) < 4.78 is 6.53. The van der Waals surface area contributed by atoms with Crippen LogP contribution in [0.5, 0.6) is 0 Å². The summed E-state index contributed by atoms with van der Waals surface area (Å²) in [4.78, 5) is 27.3. The van der Waals surface area contributed by atoms with Gasteiger partial charge in [-0.3, -0.25) is 25.4 Å². The molecule has 3 saturated carbocycles. The molecule has 0 bridgehead atoms. The number of hydrazine groups is 1. The Morgan fingerprint density at radius 2 is 1.04 bits per heavy atom. The number of carbonyl (C=O) groups is 1. The first-order chi connectivity index (χ1) is 40.8. The number of aromatic nitrogens is 7. The smallest absolute Gasteiger partial charge is 0.198 e. The van der Waals surface area contributed by atoms with Crippen molar-refractivity contribution in [1.82, 2.24) is 44.8 Å². The first-order valence-corrected chi connectivity index (χ1v) is 33.5. The Kier molecular flexibility index (Phi) is 25.8. The van der Waals surface area contributed by atoms with Gasteiger partial charge in [-0.2, -0.15) is 10.2 Å². The van der Waals surface area contributed by atoms with Gasteiger partial charge in [-0.15, -0.1) is 0 Å². The maximum absolute atomic E-state index is 13.0. The van der Waals surface area contributed by atoms with E-state index in [2.05, 4.69) is 83.7 Å². The predicted molar refractivity (Wildman–Crippen MR) is 365 cm³/mol. The topological polar surface area (TPSA) is 133 Å². The van der Waals surface area contributed by atoms with Gasteiger partial charge in [-0.05, 0) is 123 Å². The summed E-state index contributed by atoms with van der Waals surface area (Å²) in [5, 5.41) is 13.4. The molecule has 85 heavy (non-hydrogen) atoms. The van der Waals surface area contributed by atoms with Crippen molar-refractivity contribution in [1.29, 1.82) is 0 Å². The van der Waals surface area contributed by atoms with Gasteiger partial charge in [0.2, 0.25) is 0 Å². The average Bonchev–Trinajstić information content (AvgIpc) is 3.51. The minimum atomic E-state index is -0.290. The molecule has 0 atom stereocenters. The van der Waals surface area contributed by atoms with Crippen LogP contribution in [-0.2, 0) is 0 Å². The van der Waals surface area contributed by atoms with Crippen LogP contribution in [0, 0.1) is 0 Å². The Hall–Kier alpha value is -3.29. The molecule has 0 saturated heterocycles. The summed E-state index contributed by atoms with van der Waals surface area (Å²) in [5.74, 6) is 4.96. The minimum Gasteiger partial charge on any atom is -0.383 e. The second-order valence-corrected chi connectivity index (χ2v) is 27.1. The molecule has 3 aliphatic rings. The molecule has 0 aliphatic heterocycles. The lowest BCUT2D eigenvalue weighted by Gasteiger charge is -2.24. The van der Waals surface area contributed by atoms with Crippen molar-refractivity contribution in [3.05, 3.63) is 180 Å². The van der Waals surface area contributed by atoms with Gasteiger partial charge < -0.3 is 4.90 Å². The molecule has 3 aliphatic carbocycles. The number of hydrogen-bond donors (Lipinski definition) is 2. The largest absolute Gasteiger partial charge is 0.383 e. The monoisotopic (exact) mass is 1510 g/mol. The lowest BCUT2D eigenvalue weighted by Crippen LogP contribution is -2.36. The maximum atomic E-state index is 13.0. The number of nitrogens with one attached hydrogen (secondary N) is 1. The van der Waals surface area contributed by atoms with Gasteiger partial charge in [0, 0.05) is 109 Å². The molecule has 5 aromatic heterocycles. The fourth-order valence-electron chi connectivity index (χ4n) is 10.6. The first kappa shape index (κ1) is 67.6. The summed E-state index contributed by atoms with van der Waals surface area (Å²) >= 11 is 67.2. The number of ketones is 1. The molecule has 0 spiro atoms. The number of nitrogens with zero attached hydrogens (tertiary/aromatic N) is 8. The number of pyridine rings is 3. The van der Waals surface area contributed by atoms with Gasteiger partial charge in [-0.1, -0.05) is 199 Å². The number of halogens is 12. The number of benzene rings is 3. The zero-order valence-corrected chi connectivity index (χ0v) is 57.9. The third-order valence-corrected chi connectivity index (χ3v) is 19.4. The third-order valence-electron chi connectivity index (χ3n) is 14.8. The molecule has 3 N–H and O–H groups in total. The van der Waals surface area contributed by atoms with Gasteiger partial charge in [0.05, 0.1) is 59.7 Å². The first-order valence-electron chi connectivity index (χ1n) is 27.7. The van der Waals surface area contributed by atoms with Crippen molar-refractivity contribution in [3.63, 3.8) is 0 Å². The zero-order chi connectivity index (χ0) is 60.9. The van der Waals surface area contributed by atoms with Crippen molar-refractivity contribution < 1.29 is 4.79 Å². The molecule has 23 heteroatoms. The third kappa shape index (κ3) is 17.6. The number of rotatable bonds is 11. The average molecular weight is 1520 g/mol.